The second-order valence-corrected chi connectivity index (χ2v) is 3.82. The molecule has 0 unspecified atom stereocenters. The van der Waals surface area contributed by atoms with Gasteiger partial charge in [-0.1, -0.05) is 55.1 Å². The van der Waals surface area contributed by atoms with Crippen LogP contribution in [0.3, 0.4) is 0 Å². The van der Waals surface area contributed by atoms with E-state index in [9.17, 15) is 5.11 Å². The van der Waals surface area contributed by atoms with E-state index in [-0.39, 0.29) is 0 Å². The first-order chi connectivity index (χ1) is 7.70. The maximum Gasteiger partial charge on any atom is 0.126 e. The molecule has 0 atom stereocenters. The fourth-order valence-electron chi connectivity index (χ4n) is 1.70. The molecule has 0 radical (unpaired) electrons. The van der Waals surface area contributed by atoms with E-state index in [1.165, 1.54) is 0 Å². The second kappa shape index (κ2) is 4.23. The van der Waals surface area contributed by atoms with Crippen molar-refractivity contribution in [3.05, 3.63) is 71.8 Å². The summed E-state index contributed by atoms with van der Waals surface area (Å²) in [5.74, 6) is 0.316. The Bertz CT molecular complexity index is 512. The van der Waals surface area contributed by atoms with E-state index < -0.39 is 0 Å². The van der Waals surface area contributed by atoms with Crippen LogP contribution >= 0.6 is 0 Å². The number of phenolic OH excluding ortho intramolecular Hbond substituents is 1. The summed E-state index contributed by atoms with van der Waals surface area (Å²) in [5, 5.41) is 9.97. The van der Waals surface area contributed by atoms with Crippen molar-refractivity contribution < 1.29 is 5.11 Å². The summed E-state index contributed by atoms with van der Waals surface area (Å²) in [5.41, 5.74) is 3.55. The van der Waals surface area contributed by atoms with Gasteiger partial charge in [0.1, 0.15) is 5.75 Å². The molecule has 0 aliphatic carbocycles. The lowest BCUT2D eigenvalue weighted by Gasteiger charge is -2.10. The lowest BCUT2D eigenvalue weighted by molar-refractivity contribution is 0.469. The third-order valence-electron chi connectivity index (χ3n) is 2.69. The van der Waals surface area contributed by atoms with Gasteiger partial charge in [-0.2, -0.15) is 0 Å². The van der Waals surface area contributed by atoms with Crippen LogP contribution in [-0.2, 0) is 0 Å². The Morgan fingerprint density at radius 1 is 1.00 bits per heavy atom. The van der Waals surface area contributed by atoms with Gasteiger partial charge in [-0.3, -0.25) is 0 Å². The number of hydrogen-bond donors (Lipinski definition) is 1. The SMILES string of the molecule is C=C(c1ccccc1)c1cccc(C)c1O. The lowest BCUT2D eigenvalue weighted by atomic mass is 9.97. The zero-order valence-corrected chi connectivity index (χ0v) is 9.27. The molecule has 2 aromatic rings. The second-order valence-electron chi connectivity index (χ2n) is 3.82. The minimum atomic E-state index is 0.316. The number of phenols is 1. The molecule has 0 fully saturated rings. The summed E-state index contributed by atoms with van der Waals surface area (Å²) in [6.07, 6.45) is 0. The van der Waals surface area contributed by atoms with Crippen LogP contribution in [0.15, 0.2) is 55.1 Å². The smallest absolute Gasteiger partial charge is 0.126 e. The van der Waals surface area contributed by atoms with E-state index in [0.29, 0.717) is 5.75 Å². The Morgan fingerprint density at radius 3 is 2.38 bits per heavy atom. The van der Waals surface area contributed by atoms with Crippen LogP contribution in [0.5, 0.6) is 5.75 Å². The van der Waals surface area contributed by atoms with Crippen LogP contribution < -0.4 is 0 Å². The molecule has 1 N–H and O–H groups in total. The molecule has 0 saturated heterocycles. The Balaban J connectivity index is 2.46. The normalized spacial score (nSPS) is 10.1. The van der Waals surface area contributed by atoms with Crippen molar-refractivity contribution >= 4 is 5.57 Å². The van der Waals surface area contributed by atoms with E-state index in [2.05, 4.69) is 6.58 Å². The first kappa shape index (κ1) is 10.5. The van der Waals surface area contributed by atoms with Gasteiger partial charge in [-0.25, -0.2) is 0 Å². The third kappa shape index (κ3) is 1.84. The first-order valence-electron chi connectivity index (χ1n) is 5.23. The van der Waals surface area contributed by atoms with Gasteiger partial charge in [0, 0.05) is 5.56 Å². The highest BCUT2D eigenvalue weighted by Crippen LogP contribution is 2.30. The van der Waals surface area contributed by atoms with E-state index >= 15 is 0 Å². The number of aryl methyl sites for hydroxylation is 1. The van der Waals surface area contributed by atoms with Gasteiger partial charge >= 0.3 is 0 Å². The number of aromatic hydroxyl groups is 1. The van der Waals surface area contributed by atoms with Gasteiger partial charge in [0.25, 0.3) is 0 Å². The molecule has 2 rings (SSSR count). The Hall–Kier alpha value is -2.02. The molecule has 16 heavy (non-hydrogen) atoms. The quantitative estimate of drug-likeness (QED) is 0.800. The number of rotatable bonds is 2. The molecular formula is C15H14O. The summed E-state index contributed by atoms with van der Waals surface area (Å²) in [7, 11) is 0. The molecule has 0 aliphatic heterocycles. The molecular weight excluding hydrogens is 196 g/mol. The molecule has 0 spiro atoms. The minimum absolute atomic E-state index is 0.316. The molecule has 0 amide bonds. The molecule has 0 saturated carbocycles. The number of para-hydroxylation sites is 1. The molecule has 0 heterocycles. The van der Waals surface area contributed by atoms with Crippen molar-refractivity contribution in [2.24, 2.45) is 0 Å². The van der Waals surface area contributed by atoms with Gasteiger partial charge in [0.15, 0.2) is 0 Å². The van der Waals surface area contributed by atoms with E-state index in [1.54, 1.807) is 0 Å². The predicted molar refractivity (Wildman–Crippen MR) is 67.4 cm³/mol. The Morgan fingerprint density at radius 2 is 1.69 bits per heavy atom. The maximum absolute atomic E-state index is 9.97. The maximum atomic E-state index is 9.97. The highest BCUT2D eigenvalue weighted by atomic mass is 16.3. The van der Waals surface area contributed by atoms with Crippen molar-refractivity contribution in [1.29, 1.82) is 0 Å². The average molecular weight is 210 g/mol. The van der Waals surface area contributed by atoms with Gasteiger partial charge in [-0.05, 0) is 23.6 Å². The Kier molecular flexibility index (Phi) is 2.78. The summed E-state index contributed by atoms with van der Waals surface area (Å²) in [6.45, 7) is 5.92. The van der Waals surface area contributed by atoms with Crippen LogP contribution in [0.2, 0.25) is 0 Å². The Labute approximate surface area is 95.7 Å². The van der Waals surface area contributed by atoms with Crippen LogP contribution in [0.25, 0.3) is 5.57 Å². The van der Waals surface area contributed by atoms with Crippen molar-refractivity contribution in [1.82, 2.24) is 0 Å². The zero-order chi connectivity index (χ0) is 11.5. The third-order valence-corrected chi connectivity index (χ3v) is 2.69. The molecule has 0 aromatic heterocycles. The predicted octanol–water partition coefficient (Wildman–Crippen LogP) is 3.76. The van der Waals surface area contributed by atoms with Crippen molar-refractivity contribution in [3.8, 4) is 5.75 Å². The van der Waals surface area contributed by atoms with Crippen molar-refractivity contribution in [2.45, 2.75) is 6.92 Å². The first-order valence-corrected chi connectivity index (χ1v) is 5.23. The highest BCUT2D eigenvalue weighted by molar-refractivity contribution is 5.81. The molecule has 1 heteroatoms. The topological polar surface area (TPSA) is 20.2 Å². The van der Waals surface area contributed by atoms with E-state index in [0.717, 1.165) is 22.3 Å². The highest BCUT2D eigenvalue weighted by Gasteiger charge is 2.08. The standard InChI is InChI=1S/C15H14O/c1-11-7-6-10-14(15(11)16)12(2)13-8-4-3-5-9-13/h3-10,16H,2H2,1H3. The van der Waals surface area contributed by atoms with Crippen molar-refractivity contribution in [3.63, 3.8) is 0 Å². The summed E-state index contributed by atoms with van der Waals surface area (Å²) in [4.78, 5) is 0. The average Bonchev–Trinajstić information content (AvgIpc) is 2.33. The number of benzene rings is 2. The molecule has 80 valence electrons. The zero-order valence-electron chi connectivity index (χ0n) is 9.27. The molecule has 2 aromatic carbocycles. The fourth-order valence-corrected chi connectivity index (χ4v) is 1.70. The van der Waals surface area contributed by atoms with Crippen LogP contribution in [-0.4, -0.2) is 5.11 Å². The van der Waals surface area contributed by atoms with Gasteiger partial charge < -0.3 is 5.11 Å². The molecule has 0 aliphatic rings. The molecule has 0 bridgehead atoms. The monoisotopic (exact) mass is 210 g/mol. The van der Waals surface area contributed by atoms with Gasteiger partial charge in [0.05, 0.1) is 0 Å². The van der Waals surface area contributed by atoms with E-state index in [1.807, 2.05) is 55.5 Å². The van der Waals surface area contributed by atoms with E-state index in [4.69, 9.17) is 0 Å². The van der Waals surface area contributed by atoms with Crippen molar-refractivity contribution in [2.75, 3.05) is 0 Å². The lowest BCUT2D eigenvalue weighted by Crippen LogP contribution is -1.88. The summed E-state index contributed by atoms with van der Waals surface area (Å²) in [6, 6.07) is 15.6. The van der Waals surface area contributed by atoms with Crippen LogP contribution in [0, 0.1) is 6.92 Å². The largest absolute Gasteiger partial charge is 0.507 e. The number of hydrogen-bond acceptors (Lipinski definition) is 1. The van der Waals surface area contributed by atoms with Crippen LogP contribution in [0.1, 0.15) is 16.7 Å². The fraction of sp³-hybridized carbons (Fsp3) is 0.0667. The minimum Gasteiger partial charge on any atom is -0.507 e. The van der Waals surface area contributed by atoms with Gasteiger partial charge in [-0.15, -0.1) is 0 Å². The summed E-state index contributed by atoms with van der Waals surface area (Å²) >= 11 is 0. The van der Waals surface area contributed by atoms with Crippen LogP contribution in [0.4, 0.5) is 0 Å². The van der Waals surface area contributed by atoms with Gasteiger partial charge in [0.2, 0.25) is 0 Å². The summed E-state index contributed by atoms with van der Waals surface area (Å²) < 4.78 is 0. The molecule has 1 nitrogen and oxygen atoms in total.